The highest BCUT2D eigenvalue weighted by Crippen LogP contribution is 2.25. The molecule has 0 N–H and O–H groups in total. The number of rotatable bonds is 5. The summed E-state index contributed by atoms with van der Waals surface area (Å²) in [5, 5.41) is 0. The van der Waals surface area contributed by atoms with Gasteiger partial charge >= 0.3 is 5.69 Å². The predicted molar refractivity (Wildman–Crippen MR) is 112 cm³/mol. The summed E-state index contributed by atoms with van der Waals surface area (Å²) in [5.41, 5.74) is 2.41. The van der Waals surface area contributed by atoms with Crippen molar-refractivity contribution in [3.05, 3.63) is 32.2 Å². The Morgan fingerprint density at radius 3 is 2.45 bits per heavy atom. The van der Waals surface area contributed by atoms with Crippen LogP contribution in [-0.2, 0) is 18.3 Å². The highest BCUT2D eigenvalue weighted by atomic mass is 16.5. The van der Waals surface area contributed by atoms with E-state index in [0.717, 1.165) is 36.7 Å². The Hall–Kier alpha value is -2.39. The first kappa shape index (κ1) is 19.9. The van der Waals surface area contributed by atoms with Crippen LogP contribution >= 0.6 is 0 Å². The van der Waals surface area contributed by atoms with Crippen molar-refractivity contribution in [2.45, 2.75) is 46.7 Å². The van der Waals surface area contributed by atoms with Gasteiger partial charge in [-0.3, -0.25) is 23.2 Å². The number of aromatic nitrogens is 5. The van der Waals surface area contributed by atoms with Crippen LogP contribution in [0, 0.1) is 13.8 Å². The highest BCUT2D eigenvalue weighted by molar-refractivity contribution is 5.76. The summed E-state index contributed by atoms with van der Waals surface area (Å²) in [5.74, 6) is 0.724. The molecule has 0 bridgehead atoms. The minimum Gasteiger partial charge on any atom is -0.379 e. The van der Waals surface area contributed by atoms with E-state index in [9.17, 15) is 9.59 Å². The van der Waals surface area contributed by atoms with Crippen LogP contribution in [-0.4, -0.2) is 60.8 Å². The van der Waals surface area contributed by atoms with Gasteiger partial charge in [-0.25, -0.2) is 4.79 Å². The molecule has 9 nitrogen and oxygen atoms in total. The van der Waals surface area contributed by atoms with Gasteiger partial charge in [-0.15, -0.1) is 0 Å². The average molecular weight is 402 g/mol. The molecule has 158 valence electrons. The van der Waals surface area contributed by atoms with Crippen LogP contribution < -0.4 is 11.2 Å². The first-order chi connectivity index (χ1) is 13.9. The number of ether oxygens (including phenoxy) is 1. The number of fused-ring (bicyclic) bond motifs is 3. The van der Waals surface area contributed by atoms with E-state index < -0.39 is 0 Å². The fraction of sp³-hybridized carbons (Fsp3) is 0.650. The van der Waals surface area contributed by atoms with Crippen LogP contribution in [0.4, 0.5) is 0 Å². The van der Waals surface area contributed by atoms with Crippen LogP contribution in [0.5, 0.6) is 0 Å². The topological polar surface area (TPSA) is 78.7 Å². The van der Waals surface area contributed by atoms with Crippen LogP contribution in [0.15, 0.2) is 9.59 Å². The summed E-state index contributed by atoms with van der Waals surface area (Å²) in [4.78, 5) is 33.3. The summed E-state index contributed by atoms with van der Waals surface area (Å²) < 4.78 is 12.3. The Kier molecular flexibility index (Phi) is 5.12. The lowest BCUT2D eigenvalue weighted by Gasteiger charge is -2.26. The zero-order chi connectivity index (χ0) is 20.9. The second kappa shape index (κ2) is 7.46. The molecule has 4 heterocycles. The molecule has 0 amide bonds. The Balaban J connectivity index is 1.90. The fourth-order valence-electron chi connectivity index (χ4n) is 4.25. The quantitative estimate of drug-likeness (QED) is 0.638. The van der Waals surface area contributed by atoms with Gasteiger partial charge in [0.25, 0.3) is 5.56 Å². The number of imidazole rings is 2. The molecule has 1 fully saturated rings. The van der Waals surface area contributed by atoms with E-state index >= 15 is 0 Å². The van der Waals surface area contributed by atoms with Crippen molar-refractivity contribution in [3.63, 3.8) is 0 Å². The van der Waals surface area contributed by atoms with Crippen LogP contribution in [0.2, 0.25) is 0 Å². The maximum atomic E-state index is 13.4. The third-order valence-electron chi connectivity index (χ3n) is 6.34. The van der Waals surface area contributed by atoms with Crippen molar-refractivity contribution >= 4 is 16.9 Å². The lowest BCUT2D eigenvalue weighted by molar-refractivity contribution is 0.0361. The molecule has 0 aliphatic carbocycles. The number of nitrogens with zero attached hydrogens (tertiary/aromatic N) is 6. The summed E-state index contributed by atoms with van der Waals surface area (Å²) >= 11 is 0. The maximum Gasteiger partial charge on any atom is 0.332 e. The molecule has 0 spiro atoms. The summed E-state index contributed by atoms with van der Waals surface area (Å²) in [6.07, 6.45) is 0.955. The lowest BCUT2D eigenvalue weighted by Crippen LogP contribution is -2.44. The molecule has 0 aromatic carbocycles. The molecule has 0 unspecified atom stereocenters. The van der Waals surface area contributed by atoms with Gasteiger partial charge in [0.15, 0.2) is 11.2 Å². The summed E-state index contributed by atoms with van der Waals surface area (Å²) in [7, 11) is 1.69. The number of aryl methyl sites for hydroxylation is 2. The number of hydrogen-bond acceptors (Lipinski definition) is 5. The van der Waals surface area contributed by atoms with E-state index in [2.05, 4.69) is 30.2 Å². The van der Waals surface area contributed by atoms with Crippen molar-refractivity contribution in [1.29, 1.82) is 0 Å². The Morgan fingerprint density at radius 2 is 1.79 bits per heavy atom. The Morgan fingerprint density at radius 1 is 1.10 bits per heavy atom. The molecule has 1 saturated heterocycles. The van der Waals surface area contributed by atoms with Gasteiger partial charge in [-0.05, 0) is 27.2 Å². The molecule has 1 aliphatic rings. The maximum absolute atomic E-state index is 13.4. The highest BCUT2D eigenvalue weighted by Gasteiger charge is 2.24. The lowest BCUT2D eigenvalue weighted by atomic mass is 10.2. The van der Waals surface area contributed by atoms with E-state index in [4.69, 9.17) is 9.72 Å². The predicted octanol–water partition coefficient (Wildman–Crippen LogP) is 1.07. The van der Waals surface area contributed by atoms with Gasteiger partial charge in [-0.1, -0.05) is 6.92 Å². The van der Waals surface area contributed by atoms with E-state index in [1.165, 1.54) is 9.13 Å². The van der Waals surface area contributed by atoms with Gasteiger partial charge in [-0.2, -0.15) is 4.98 Å². The van der Waals surface area contributed by atoms with Gasteiger partial charge in [0, 0.05) is 50.7 Å². The molecule has 29 heavy (non-hydrogen) atoms. The monoisotopic (exact) mass is 402 g/mol. The molecule has 3 aromatic heterocycles. The van der Waals surface area contributed by atoms with E-state index in [1.54, 1.807) is 7.05 Å². The van der Waals surface area contributed by atoms with Gasteiger partial charge in [0.1, 0.15) is 0 Å². The molecular weight excluding hydrogens is 372 g/mol. The van der Waals surface area contributed by atoms with Crippen LogP contribution in [0.25, 0.3) is 16.9 Å². The smallest absolute Gasteiger partial charge is 0.332 e. The van der Waals surface area contributed by atoms with Crippen LogP contribution in [0.1, 0.15) is 37.7 Å². The molecular formula is C20H30N6O3. The SMILES string of the molecule is CC[C@@H](C)n1c(C)c(C)n2c3c(=O)n(CCN4CCOCC4)c(=O)n(C)c3nc12. The standard InChI is InChI=1S/C20H30N6O3/c1-6-13(2)25-14(3)15(4)26-16-17(21-19(25)26)22(5)20(28)24(18(16)27)8-7-23-9-11-29-12-10-23/h13H,6-12H2,1-5H3/t13-/m1/s1. The van der Waals surface area contributed by atoms with Gasteiger partial charge in [0.05, 0.1) is 13.2 Å². The van der Waals surface area contributed by atoms with Crippen molar-refractivity contribution in [3.8, 4) is 0 Å². The van der Waals surface area contributed by atoms with E-state index in [-0.39, 0.29) is 17.3 Å². The molecule has 3 aromatic rings. The first-order valence-corrected chi connectivity index (χ1v) is 10.4. The minimum absolute atomic E-state index is 0.253. The summed E-state index contributed by atoms with van der Waals surface area (Å²) in [6, 6.07) is 0.253. The van der Waals surface area contributed by atoms with Crippen molar-refractivity contribution in [1.82, 2.24) is 28.0 Å². The van der Waals surface area contributed by atoms with Crippen molar-refractivity contribution in [2.24, 2.45) is 7.05 Å². The third-order valence-corrected chi connectivity index (χ3v) is 6.34. The molecule has 0 saturated carbocycles. The zero-order valence-electron chi connectivity index (χ0n) is 17.9. The van der Waals surface area contributed by atoms with Crippen LogP contribution in [0.3, 0.4) is 0 Å². The summed E-state index contributed by atoms with van der Waals surface area (Å²) in [6.45, 7) is 12.4. The molecule has 9 heteroatoms. The van der Waals surface area contributed by atoms with Gasteiger partial charge in [0.2, 0.25) is 5.78 Å². The minimum atomic E-state index is -0.319. The second-order valence-corrected chi connectivity index (χ2v) is 7.97. The number of hydrogen-bond donors (Lipinski definition) is 0. The van der Waals surface area contributed by atoms with Gasteiger partial charge < -0.3 is 9.30 Å². The van der Waals surface area contributed by atoms with E-state index in [1.807, 2.05) is 11.3 Å². The molecule has 1 aliphatic heterocycles. The second-order valence-electron chi connectivity index (χ2n) is 7.97. The largest absolute Gasteiger partial charge is 0.379 e. The molecule has 4 rings (SSSR count). The van der Waals surface area contributed by atoms with Crippen molar-refractivity contribution < 1.29 is 4.74 Å². The molecule has 1 atom stereocenters. The first-order valence-electron chi connectivity index (χ1n) is 10.4. The Labute approximate surface area is 169 Å². The normalized spacial score (nSPS) is 16.9. The number of morpholine rings is 1. The molecule has 0 radical (unpaired) electrons. The zero-order valence-corrected chi connectivity index (χ0v) is 17.9. The average Bonchev–Trinajstić information content (AvgIpc) is 3.22. The van der Waals surface area contributed by atoms with Crippen molar-refractivity contribution in [2.75, 3.05) is 32.8 Å². The van der Waals surface area contributed by atoms with E-state index in [0.29, 0.717) is 37.5 Å². The third kappa shape index (κ3) is 3.03. The Bertz CT molecular complexity index is 1180. The fourth-order valence-corrected chi connectivity index (χ4v) is 4.25.